The van der Waals surface area contributed by atoms with E-state index in [0.717, 1.165) is 80.6 Å². The van der Waals surface area contributed by atoms with Gasteiger partial charge in [-0.1, -0.05) is 55.1 Å². The maximum atomic E-state index is 13.9. The van der Waals surface area contributed by atoms with Gasteiger partial charge in [0, 0.05) is 29.2 Å². The van der Waals surface area contributed by atoms with Crippen LogP contribution < -0.4 is 0 Å². The summed E-state index contributed by atoms with van der Waals surface area (Å²) in [4.78, 5) is 19.8. The van der Waals surface area contributed by atoms with Crippen molar-refractivity contribution in [3.8, 4) is 11.5 Å². The zero-order valence-corrected chi connectivity index (χ0v) is 22.3. The van der Waals surface area contributed by atoms with E-state index in [1.54, 1.807) is 11.3 Å². The minimum atomic E-state index is -0.459. The summed E-state index contributed by atoms with van der Waals surface area (Å²) < 4.78 is 12.9. The van der Waals surface area contributed by atoms with Crippen LogP contribution in [0.4, 0.5) is 0 Å². The minimum absolute atomic E-state index is 0. The summed E-state index contributed by atoms with van der Waals surface area (Å²) in [5, 5.41) is 6.40. The molecule has 0 spiro atoms. The molecule has 192 valence electrons. The van der Waals surface area contributed by atoms with Gasteiger partial charge in [0.1, 0.15) is 18.5 Å². The molecule has 0 N–H and O–H groups in total. The molecule has 3 aromatic rings. The van der Waals surface area contributed by atoms with Crippen molar-refractivity contribution in [2.75, 3.05) is 19.6 Å². The second-order valence-electron chi connectivity index (χ2n) is 10.8. The van der Waals surface area contributed by atoms with Gasteiger partial charge in [0.25, 0.3) is 5.89 Å². The smallest absolute Gasteiger partial charge is 0.317 e. The number of hydrogen-bond acceptors (Lipinski definition) is 6. The summed E-state index contributed by atoms with van der Waals surface area (Å²) in [6.45, 7) is 3.76. The predicted molar refractivity (Wildman–Crippen MR) is 142 cm³/mol. The van der Waals surface area contributed by atoms with E-state index in [4.69, 9.17) is 14.2 Å². The van der Waals surface area contributed by atoms with Crippen molar-refractivity contribution in [1.29, 1.82) is 0 Å². The second-order valence-corrected chi connectivity index (χ2v) is 11.7. The number of piperidine rings is 3. The van der Waals surface area contributed by atoms with Crippen LogP contribution in [0.25, 0.3) is 11.5 Å². The average molecular weight is 529 g/mol. The van der Waals surface area contributed by atoms with Crippen LogP contribution in [0.5, 0.6) is 0 Å². The maximum Gasteiger partial charge on any atom is 0.317 e. The Morgan fingerprint density at radius 3 is 2.50 bits per heavy atom. The van der Waals surface area contributed by atoms with Crippen LogP contribution in [0.15, 0.2) is 52.4 Å². The van der Waals surface area contributed by atoms with E-state index in [2.05, 4.69) is 22.7 Å². The molecule has 3 saturated heterocycles. The van der Waals surface area contributed by atoms with Crippen molar-refractivity contribution in [1.82, 2.24) is 10.1 Å². The number of hydrogen-bond donors (Lipinski definition) is 0. The Kier molecular flexibility index (Phi) is 7.52. The van der Waals surface area contributed by atoms with Gasteiger partial charge in [0.05, 0.1) is 13.1 Å². The molecule has 1 aromatic carbocycles. The largest absolute Gasteiger partial charge is 0.455 e. The number of nitrogens with zero attached hydrogens (tertiary/aromatic N) is 3. The van der Waals surface area contributed by atoms with Gasteiger partial charge < -0.3 is 13.7 Å². The molecule has 7 rings (SSSR count). The van der Waals surface area contributed by atoms with Gasteiger partial charge in [-0.05, 0) is 36.4 Å². The Labute approximate surface area is 223 Å². The molecule has 36 heavy (non-hydrogen) atoms. The van der Waals surface area contributed by atoms with Gasteiger partial charge in [-0.15, -0.1) is 23.7 Å². The van der Waals surface area contributed by atoms with Gasteiger partial charge in [-0.2, -0.15) is 4.98 Å². The lowest BCUT2D eigenvalue weighted by Crippen LogP contribution is -2.64. The van der Waals surface area contributed by atoms with E-state index >= 15 is 0 Å². The SMILES string of the molecule is Cl.O=C(O[C@H]1C[N+]2(Cc3noc(-c4ccccc4)n3)CCC1CC2)C1(c2cccs2)CCCCCC1. The van der Waals surface area contributed by atoms with E-state index in [-0.39, 0.29) is 24.5 Å². The quantitative estimate of drug-likeness (QED) is 0.217. The first kappa shape index (κ1) is 25.4. The standard InChI is InChI=1S/C28H34N3O3S.ClH/c32-27(28(24-11-8-18-35-24)14-6-1-2-7-15-28)33-23-19-31(16-12-21(23)13-17-31)20-25-29-26(34-30-25)22-9-4-3-5-10-22;/h3-5,8-11,18,21,23H,1-2,6-7,12-17,19-20H2;1H/q+1;/t21?,23-,31?;/m0./s1. The first-order chi connectivity index (χ1) is 17.2. The molecule has 1 saturated carbocycles. The Bertz CT molecular complexity index is 1130. The number of aromatic nitrogens is 2. The molecular weight excluding hydrogens is 494 g/mol. The second kappa shape index (κ2) is 10.6. The highest BCUT2D eigenvalue weighted by atomic mass is 35.5. The number of carbonyl (C=O) groups is 1. The van der Waals surface area contributed by atoms with Crippen molar-refractivity contribution in [2.45, 2.75) is 69.4 Å². The topological polar surface area (TPSA) is 65.2 Å². The van der Waals surface area contributed by atoms with Crippen LogP contribution in [0.1, 0.15) is 62.1 Å². The highest BCUT2D eigenvalue weighted by molar-refractivity contribution is 7.10. The van der Waals surface area contributed by atoms with Crippen LogP contribution >= 0.6 is 23.7 Å². The average Bonchev–Trinajstić information content (AvgIpc) is 3.53. The van der Waals surface area contributed by atoms with E-state index in [9.17, 15) is 4.79 Å². The fraction of sp³-hybridized carbons (Fsp3) is 0.536. The molecule has 0 unspecified atom stereocenters. The molecule has 1 aliphatic carbocycles. The molecule has 1 atom stereocenters. The van der Waals surface area contributed by atoms with Crippen LogP contribution in [-0.2, 0) is 21.5 Å². The molecular formula is C28H35ClN3O3S+. The Hall–Kier alpha value is -2.22. The lowest BCUT2D eigenvalue weighted by Gasteiger charge is -2.51. The van der Waals surface area contributed by atoms with Crippen molar-refractivity contribution >= 4 is 29.7 Å². The van der Waals surface area contributed by atoms with Crippen LogP contribution in [0, 0.1) is 5.92 Å². The first-order valence-electron chi connectivity index (χ1n) is 13.1. The molecule has 8 heteroatoms. The van der Waals surface area contributed by atoms with Gasteiger partial charge >= 0.3 is 5.97 Å². The summed E-state index contributed by atoms with van der Waals surface area (Å²) in [5.41, 5.74) is 0.484. The number of rotatable bonds is 6. The Balaban J connectivity index is 0.00000267. The summed E-state index contributed by atoms with van der Waals surface area (Å²) in [7, 11) is 0. The Morgan fingerprint density at radius 2 is 1.81 bits per heavy atom. The molecule has 0 radical (unpaired) electrons. The van der Waals surface area contributed by atoms with E-state index in [1.165, 1.54) is 17.7 Å². The fourth-order valence-electron chi connectivity index (χ4n) is 6.58. The summed E-state index contributed by atoms with van der Waals surface area (Å²) in [6.07, 6.45) is 8.60. The highest BCUT2D eigenvalue weighted by Gasteiger charge is 2.51. The third kappa shape index (κ3) is 4.85. The third-order valence-electron chi connectivity index (χ3n) is 8.61. The number of fused-ring (bicyclic) bond motifs is 3. The molecule has 6 nitrogen and oxygen atoms in total. The molecule has 4 fully saturated rings. The summed E-state index contributed by atoms with van der Waals surface area (Å²) >= 11 is 1.71. The minimum Gasteiger partial charge on any atom is -0.455 e. The van der Waals surface area contributed by atoms with E-state index in [0.29, 0.717) is 11.8 Å². The number of thiophene rings is 1. The van der Waals surface area contributed by atoms with Crippen LogP contribution in [0.3, 0.4) is 0 Å². The zero-order chi connectivity index (χ0) is 23.7. The number of benzene rings is 1. The summed E-state index contributed by atoms with van der Waals surface area (Å²) in [6, 6.07) is 14.1. The summed E-state index contributed by atoms with van der Waals surface area (Å²) in [5.74, 6) is 1.80. The number of carbonyl (C=O) groups excluding carboxylic acids is 1. The number of esters is 1. The molecule has 3 aliphatic heterocycles. The van der Waals surface area contributed by atoms with Gasteiger partial charge in [-0.3, -0.25) is 4.79 Å². The van der Waals surface area contributed by atoms with Crippen molar-refractivity contribution in [2.24, 2.45) is 5.92 Å². The zero-order valence-electron chi connectivity index (χ0n) is 20.6. The van der Waals surface area contributed by atoms with Gasteiger partial charge in [0.2, 0.25) is 5.82 Å². The van der Waals surface area contributed by atoms with Crippen LogP contribution in [-0.4, -0.2) is 46.3 Å². The lowest BCUT2D eigenvalue weighted by atomic mass is 9.78. The van der Waals surface area contributed by atoms with E-state index in [1.807, 2.05) is 30.3 Å². The highest BCUT2D eigenvalue weighted by Crippen LogP contribution is 2.44. The number of halogens is 1. The van der Waals surface area contributed by atoms with Crippen LogP contribution in [0.2, 0.25) is 0 Å². The lowest BCUT2D eigenvalue weighted by molar-refractivity contribution is -0.958. The number of ether oxygens (including phenoxy) is 1. The molecule has 0 amide bonds. The van der Waals surface area contributed by atoms with Gasteiger partial charge in [-0.25, -0.2) is 0 Å². The molecule has 4 aliphatic rings. The van der Waals surface area contributed by atoms with E-state index < -0.39 is 5.41 Å². The van der Waals surface area contributed by atoms with Crippen molar-refractivity contribution in [3.63, 3.8) is 0 Å². The first-order valence-corrected chi connectivity index (χ1v) is 14.0. The van der Waals surface area contributed by atoms with Gasteiger partial charge in [0.15, 0.2) is 6.10 Å². The number of quaternary nitrogens is 1. The Morgan fingerprint density at radius 1 is 1.06 bits per heavy atom. The monoisotopic (exact) mass is 528 g/mol. The predicted octanol–water partition coefficient (Wildman–Crippen LogP) is 6.16. The van der Waals surface area contributed by atoms with Crippen molar-refractivity contribution < 1.29 is 18.5 Å². The third-order valence-corrected chi connectivity index (χ3v) is 9.68. The molecule has 2 bridgehead atoms. The fourth-order valence-corrected chi connectivity index (χ4v) is 7.55. The van der Waals surface area contributed by atoms with Crippen molar-refractivity contribution in [3.05, 3.63) is 58.5 Å². The maximum absolute atomic E-state index is 13.9. The molecule has 5 heterocycles. The molecule has 2 aromatic heterocycles. The normalized spacial score (nSPS) is 27.1.